The molecule has 0 aromatic heterocycles. The summed E-state index contributed by atoms with van der Waals surface area (Å²) >= 11 is 0. The van der Waals surface area contributed by atoms with Crippen molar-refractivity contribution in [2.75, 3.05) is 26.8 Å². The molecule has 1 aromatic rings. The first-order chi connectivity index (χ1) is 8.86. The van der Waals surface area contributed by atoms with E-state index in [4.69, 9.17) is 9.47 Å². The third-order valence-corrected chi connectivity index (χ3v) is 3.49. The Morgan fingerprint density at radius 3 is 3.00 bits per heavy atom. The van der Waals surface area contributed by atoms with Crippen molar-refractivity contribution in [1.29, 1.82) is 0 Å². The third-order valence-electron chi connectivity index (χ3n) is 3.49. The molecule has 2 rings (SSSR count). The first-order valence-electron chi connectivity index (χ1n) is 6.82. The Morgan fingerprint density at radius 2 is 2.22 bits per heavy atom. The van der Waals surface area contributed by atoms with Crippen LogP contribution in [0.2, 0.25) is 0 Å². The van der Waals surface area contributed by atoms with Crippen molar-refractivity contribution in [3.63, 3.8) is 0 Å². The Kier molecular flexibility index (Phi) is 5.02. The van der Waals surface area contributed by atoms with E-state index < -0.39 is 0 Å². The quantitative estimate of drug-likeness (QED) is 0.786. The monoisotopic (exact) mass is 249 g/mol. The Bertz CT molecular complexity index is 367. The summed E-state index contributed by atoms with van der Waals surface area (Å²) in [7, 11) is 1.72. The molecule has 1 N–H and O–H groups in total. The lowest BCUT2D eigenvalue weighted by molar-refractivity contribution is 0.0883. The molecule has 3 nitrogen and oxygen atoms in total. The van der Waals surface area contributed by atoms with Gasteiger partial charge >= 0.3 is 0 Å². The lowest BCUT2D eigenvalue weighted by atomic mass is 9.94. The van der Waals surface area contributed by atoms with E-state index in [1.807, 2.05) is 12.1 Å². The molecule has 3 heteroatoms. The zero-order chi connectivity index (χ0) is 12.8. The summed E-state index contributed by atoms with van der Waals surface area (Å²) in [6.45, 7) is 5.14. The maximum Gasteiger partial charge on any atom is 0.124 e. The van der Waals surface area contributed by atoms with Crippen LogP contribution in [0.15, 0.2) is 24.3 Å². The van der Waals surface area contributed by atoms with E-state index in [2.05, 4.69) is 24.4 Å². The van der Waals surface area contributed by atoms with Gasteiger partial charge in [0.2, 0.25) is 0 Å². The van der Waals surface area contributed by atoms with E-state index in [0.717, 1.165) is 31.9 Å². The van der Waals surface area contributed by atoms with Crippen LogP contribution in [0.1, 0.15) is 31.4 Å². The molecule has 0 saturated carbocycles. The molecule has 2 unspecified atom stereocenters. The molecule has 0 spiro atoms. The van der Waals surface area contributed by atoms with Gasteiger partial charge in [0.15, 0.2) is 0 Å². The fourth-order valence-electron chi connectivity index (χ4n) is 2.55. The molecule has 1 aliphatic rings. The Labute approximate surface area is 109 Å². The normalized spacial score (nSPS) is 23.2. The third kappa shape index (κ3) is 3.03. The molecule has 0 amide bonds. The van der Waals surface area contributed by atoms with Gasteiger partial charge in [0.05, 0.1) is 13.2 Å². The zero-order valence-corrected chi connectivity index (χ0v) is 11.3. The highest BCUT2D eigenvalue weighted by molar-refractivity contribution is 5.35. The molecule has 1 aromatic carbocycles. The summed E-state index contributed by atoms with van der Waals surface area (Å²) in [5.41, 5.74) is 1.18. The fourth-order valence-corrected chi connectivity index (χ4v) is 2.55. The van der Waals surface area contributed by atoms with Crippen molar-refractivity contribution in [2.45, 2.75) is 25.9 Å². The minimum absolute atomic E-state index is 0.172. The van der Waals surface area contributed by atoms with Crippen LogP contribution in [-0.4, -0.2) is 26.8 Å². The van der Waals surface area contributed by atoms with Crippen molar-refractivity contribution >= 4 is 0 Å². The lowest BCUT2D eigenvalue weighted by Gasteiger charge is -2.21. The Hall–Kier alpha value is -1.06. The molecule has 0 bridgehead atoms. The van der Waals surface area contributed by atoms with Gasteiger partial charge in [-0.1, -0.05) is 25.1 Å². The van der Waals surface area contributed by atoms with Crippen molar-refractivity contribution in [1.82, 2.24) is 5.32 Å². The SMILES string of the molecule is CCCNCC1CCOC1c1ccccc1OC. The topological polar surface area (TPSA) is 30.5 Å². The minimum Gasteiger partial charge on any atom is -0.496 e. The minimum atomic E-state index is 0.172. The highest BCUT2D eigenvalue weighted by Gasteiger charge is 2.31. The second-order valence-corrected chi connectivity index (χ2v) is 4.79. The van der Waals surface area contributed by atoms with E-state index in [1.165, 1.54) is 12.0 Å². The zero-order valence-electron chi connectivity index (χ0n) is 11.3. The predicted molar refractivity (Wildman–Crippen MR) is 73.0 cm³/mol. The number of hydrogen-bond donors (Lipinski definition) is 1. The summed E-state index contributed by atoms with van der Waals surface area (Å²) in [4.78, 5) is 0. The van der Waals surface area contributed by atoms with Gasteiger partial charge in [-0.2, -0.15) is 0 Å². The first-order valence-corrected chi connectivity index (χ1v) is 6.82. The summed E-state index contributed by atoms with van der Waals surface area (Å²) < 4.78 is 11.3. The van der Waals surface area contributed by atoms with Crippen LogP contribution in [0.4, 0.5) is 0 Å². The number of para-hydroxylation sites is 1. The Balaban J connectivity index is 2.05. The number of benzene rings is 1. The van der Waals surface area contributed by atoms with Gasteiger partial charge in [-0.3, -0.25) is 0 Å². The van der Waals surface area contributed by atoms with Gasteiger partial charge in [-0.25, -0.2) is 0 Å². The molecule has 1 aliphatic heterocycles. The van der Waals surface area contributed by atoms with Gasteiger partial charge < -0.3 is 14.8 Å². The van der Waals surface area contributed by atoms with Crippen molar-refractivity contribution in [3.8, 4) is 5.75 Å². The van der Waals surface area contributed by atoms with E-state index in [9.17, 15) is 0 Å². The summed E-state index contributed by atoms with van der Waals surface area (Å²) in [6.07, 6.45) is 2.47. The maximum atomic E-state index is 5.90. The summed E-state index contributed by atoms with van der Waals surface area (Å²) in [5, 5.41) is 3.49. The molecule has 1 saturated heterocycles. The number of ether oxygens (including phenoxy) is 2. The lowest BCUT2D eigenvalue weighted by Crippen LogP contribution is -2.25. The molecule has 0 aliphatic carbocycles. The van der Waals surface area contributed by atoms with Gasteiger partial charge in [-0.15, -0.1) is 0 Å². The molecular weight excluding hydrogens is 226 g/mol. The van der Waals surface area contributed by atoms with E-state index >= 15 is 0 Å². The highest BCUT2D eigenvalue weighted by Crippen LogP contribution is 2.38. The van der Waals surface area contributed by atoms with Gasteiger partial charge in [0.1, 0.15) is 5.75 Å². The van der Waals surface area contributed by atoms with Crippen LogP contribution in [0, 0.1) is 5.92 Å². The van der Waals surface area contributed by atoms with Crippen LogP contribution in [0.3, 0.4) is 0 Å². The van der Waals surface area contributed by atoms with Crippen molar-refractivity contribution in [3.05, 3.63) is 29.8 Å². The molecule has 1 heterocycles. The van der Waals surface area contributed by atoms with Crippen LogP contribution in [-0.2, 0) is 4.74 Å². The van der Waals surface area contributed by atoms with Crippen LogP contribution in [0.5, 0.6) is 5.75 Å². The van der Waals surface area contributed by atoms with Crippen LogP contribution >= 0.6 is 0 Å². The average molecular weight is 249 g/mol. The largest absolute Gasteiger partial charge is 0.496 e. The molecule has 2 atom stereocenters. The average Bonchev–Trinajstić information content (AvgIpc) is 2.87. The molecule has 1 fully saturated rings. The van der Waals surface area contributed by atoms with Crippen molar-refractivity contribution in [2.24, 2.45) is 5.92 Å². The van der Waals surface area contributed by atoms with Crippen LogP contribution < -0.4 is 10.1 Å². The highest BCUT2D eigenvalue weighted by atomic mass is 16.5. The van der Waals surface area contributed by atoms with Crippen molar-refractivity contribution < 1.29 is 9.47 Å². The van der Waals surface area contributed by atoms with E-state index in [0.29, 0.717) is 5.92 Å². The smallest absolute Gasteiger partial charge is 0.124 e. The first kappa shape index (κ1) is 13.4. The van der Waals surface area contributed by atoms with E-state index in [1.54, 1.807) is 7.11 Å². The number of hydrogen-bond acceptors (Lipinski definition) is 3. The standard InChI is InChI=1S/C15H23NO2/c1-3-9-16-11-12-8-10-18-15(12)13-6-4-5-7-14(13)17-2/h4-7,12,15-16H,3,8-11H2,1-2H3. The van der Waals surface area contributed by atoms with E-state index in [-0.39, 0.29) is 6.10 Å². The molecular formula is C15H23NO2. The number of nitrogens with one attached hydrogen (secondary N) is 1. The molecule has 0 radical (unpaired) electrons. The number of methoxy groups -OCH3 is 1. The maximum absolute atomic E-state index is 5.90. The second kappa shape index (κ2) is 6.76. The second-order valence-electron chi connectivity index (χ2n) is 4.79. The summed E-state index contributed by atoms with van der Waals surface area (Å²) in [6, 6.07) is 8.17. The van der Waals surface area contributed by atoms with Gasteiger partial charge in [0, 0.05) is 24.6 Å². The molecule has 18 heavy (non-hydrogen) atoms. The number of rotatable bonds is 6. The van der Waals surface area contributed by atoms with Gasteiger partial charge in [-0.05, 0) is 25.5 Å². The predicted octanol–water partition coefficient (Wildman–Crippen LogP) is 2.77. The summed E-state index contributed by atoms with van der Waals surface area (Å²) in [5.74, 6) is 1.48. The Morgan fingerprint density at radius 1 is 1.39 bits per heavy atom. The van der Waals surface area contributed by atoms with Crippen LogP contribution in [0.25, 0.3) is 0 Å². The van der Waals surface area contributed by atoms with Gasteiger partial charge in [0.25, 0.3) is 0 Å². The molecule has 100 valence electrons. The fraction of sp³-hybridized carbons (Fsp3) is 0.600.